The lowest BCUT2D eigenvalue weighted by atomic mass is 10.0. The Labute approximate surface area is 152 Å². The Morgan fingerprint density at radius 3 is 2.92 bits per heavy atom. The SMILES string of the molecule is COc1ccc2cc([C@H]3CN(C(=O)Cn4ccnc4)CCO3)ccc2c1. The van der Waals surface area contributed by atoms with Crippen LogP contribution in [0.5, 0.6) is 5.75 Å². The Kier molecular flexibility index (Phi) is 4.58. The van der Waals surface area contributed by atoms with Crippen molar-refractivity contribution in [3.05, 3.63) is 60.7 Å². The molecule has 134 valence electrons. The topological polar surface area (TPSA) is 56.6 Å². The number of hydrogen-bond acceptors (Lipinski definition) is 4. The molecule has 1 aromatic heterocycles. The highest BCUT2D eigenvalue weighted by Crippen LogP contribution is 2.28. The molecule has 0 aliphatic carbocycles. The van der Waals surface area contributed by atoms with Gasteiger partial charge in [0.15, 0.2) is 0 Å². The third-order valence-corrected chi connectivity index (χ3v) is 4.74. The van der Waals surface area contributed by atoms with Gasteiger partial charge in [0.1, 0.15) is 18.4 Å². The van der Waals surface area contributed by atoms with Gasteiger partial charge in [0, 0.05) is 18.9 Å². The molecule has 1 aliphatic rings. The quantitative estimate of drug-likeness (QED) is 0.725. The maximum absolute atomic E-state index is 12.5. The first kappa shape index (κ1) is 16.6. The number of aromatic nitrogens is 2. The van der Waals surface area contributed by atoms with Gasteiger partial charge >= 0.3 is 0 Å². The lowest BCUT2D eigenvalue weighted by Crippen LogP contribution is -2.43. The predicted octanol–water partition coefficient (Wildman–Crippen LogP) is 2.65. The molecule has 4 rings (SSSR count). The summed E-state index contributed by atoms with van der Waals surface area (Å²) in [5.74, 6) is 0.928. The fourth-order valence-corrected chi connectivity index (χ4v) is 3.28. The van der Waals surface area contributed by atoms with Gasteiger partial charge in [0.2, 0.25) is 5.91 Å². The van der Waals surface area contributed by atoms with Crippen molar-refractivity contribution in [3.63, 3.8) is 0 Å². The number of rotatable bonds is 4. The summed E-state index contributed by atoms with van der Waals surface area (Å²) in [4.78, 5) is 18.4. The van der Waals surface area contributed by atoms with Crippen LogP contribution in [0.4, 0.5) is 0 Å². The van der Waals surface area contributed by atoms with Gasteiger partial charge in [0.25, 0.3) is 0 Å². The van der Waals surface area contributed by atoms with E-state index in [1.54, 1.807) is 30.4 Å². The van der Waals surface area contributed by atoms with Crippen molar-refractivity contribution in [3.8, 4) is 5.75 Å². The van der Waals surface area contributed by atoms with E-state index in [0.29, 0.717) is 26.2 Å². The van der Waals surface area contributed by atoms with E-state index in [4.69, 9.17) is 9.47 Å². The second kappa shape index (κ2) is 7.17. The number of fused-ring (bicyclic) bond motifs is 1. The number of ether oxygens (including phenoxy) is 2. The van der Waals surface area contributed by atoms with Crippen LogP contribution in [0.2, 0.25) is 0 Å². The molecule has 0 bridgehead atoms. The number of carbonyl (C=O) groups is 1. The molecule has 1 atom stereocenters. The second-order valence-corrected chi connectivity index (χ2v) is 6.41. The van der Waals surface area contributed by atoms with Gasteiger partial charge in [-0.15, -0.1) is 0 Å². The summed E-state index contributed by atoms with van der Waals surface area (Å²) in [7, 11) is 1.67. The molecule has 0 spiro atoms. The highest BCUT2D eigenvalue weighted by atomic mass is 16.5. The van der Waals surface area contributed by atoms with Crippen LogP contribution in [-0.2, 0) is 16.1 Å². The molecule has 0 saturated carbocycles. The number of nitrogens with zero attached hydrogens (tertiary/aromatic N) is 3. The summed E-state index contributed by atoms with van der Waals surface area (Å²) < 4.78 is 13.0. The Balaban J connectivity index is 1.50. The van der Waals surface area contributed by atoms with E-state index < -0.39 is 0 Å². The minimum atomic E-state index is -0.109. The maximum Gasteiger partial charge on any atom is 0.242 e. The standard InChI is InChI=1S/C20H21N3O3/c1-25-18-5-4-15-10-17(3-2-16(15)11-18)19-12-23(8-9-26-19)20(24)13-22-7-6-21-14-22/h2-7,10-11,14,19H,8-9,12-13H2,1H3/t19-/m1/s1. The van der Waals surface area contributed by atoms with Crippen LogP contribution in [0, 0.1) is 0 Å². The first-order valence-corrected chi connectivity index (χ1v) is 8.66. The van der Waals surface area contributed by atoms with Crippen molar-refractivity contribution < 1.29 is 14.3 Å². The second-order valence-electron chi connectivity index (χ2n) is 6.41. The zero-order valence-corrected chi connectivity index (χ0v) is 14.7. The zero-order valence-electron chi connectivity index (χ0n) is 14.7. The van der Waals surface area contributed by atoms with E-state index in [9.17, 15) is 4.79 Å². The third kappa shape index (κ3) is 3.41. The van der Waals surface area contributed by atoms with Crippen molar-refractivity contribution in [1.82, 2.24) is 14.5 Å². The Bertz CT molecular complexity index is 908. The number of imidazole rings is 1. The monoisotopic (exact) mass is 351 g/mol. The number of hydrogen-bond donors (Lipinski definition) is 0. The van der Waals surface area contributed by atoms with E-state index in [2.05, 4.69) is 23.2 Å². The fourth-order valence-electron chi connectivity index (χ4n) is 3.28. The highest BCUT2D eigenvalue weighted by Gasteiger charge is 2.25. The van der Waals surface area contributed by atoms with Gasteiger partial charge in [-0.25, -0.2) is 4.98 Å². The molecule has 1 fully saturated rings. The molecule has 2 aromatic carbocycles. The van der Waals surface area contributed by atoms with Crippen LogP contribution in [0.15, 0.2) is 55.1 Å². The molecule has 0 unspecified atom stereocenters. The molecule has 1 amide bonds. The summed E-state index contributed by atoms with van der Waals surface area (Å²) in [6.45, 7) is 2.04. The number of methoxy groups -OCH3 is 1. The highest BCUT2D eigenvalue weighted by molar-refractivity contribution is 5.84. The first-order chi connectivity index (χ1) is 12.7. The normalized spacial score (nSPS) is 17.4. The van der Waals surface area contributed by atoms with Gasteiger partial charge in [-0.1, -0.05) is 18.2 Å². The first-order valence-electron chi connectivity index (χ1n) is 8.66. The molecular weight excluding hydrogens is 330 g/mol. The van der Waals surface area contributed by atoms with E-state index in [0.717, 1.165) is 22.1 Å². The summed E-state index contributed by atoms with van der Waals surface area (Å²) >= 11 is 0. The molecule has 6 nitrogen and oxygen atoms in total. The molecule has 3 aromatic rings. The minimum absolute atomic E-state index is 0.0850. The summed E-state index contributed by atoms with van der Waals surface area (Å²) in [6, 6.07) is 12.3. The van der Waals surface area contributed by atoms with Gasteiger partial charge in [-0.05, 0) is 34.5 Å². The van der Waals surface area contributed by atoms with Crippen LogP contribution < -0.4 is 4.74 Å². The Morgan fingerprint density at radius 1 is 1.27 bits per heavy atom. The third-order valence-electron chi connectivity index (χ3n) is 4.74. The average Bonchev–Trinajstić information content (AvgIpc) is 3.20. The van der Waals surface area contributed by atoms with Crippen LogP contribution >= 0.6 is 0 Å². The van der Waals surface area contributed by atoms with Gasteiger partial charge in [0.05, 0.1) is 26.6 Å². The van der Waals surface area contributed by atoms with Gasteiger partial charge in [-0.3, -0.25) is 4.79 Å². The van der Waals surface area contributed by atoms with Crippen LogP contribution in [0.1, 0.15) is 11.7 Å². The fraction of sp³-hybridized carbons (Fsp3) is 0.300. The van der Waals surface area contributed by atoms with E-state index in [-0.39, 0.29) is 12.0 Å². The Hall–Kier alpha value is -2.86. The zero-order chi connectivity index (χ0) is 17.9. The van der Waals surface area contributed by atoms with Gasteiger partial charge in [-0.2, -0.15) is 0 Å². The molecule has 1 saturated heterocycles. The van der Waals surface area contributed by atoms with Crippen molar-refractivity contribution in [1.29, 1.82) is 0 Å². The average molecular weight is 351 g/mol. The lowest BCUT2D eigenvalue weighted by Gasteiger charge is -2.33. The maximum atomic E-state index is 12.5. The van der Waals surface area contributed by atoms with Crippen molar-refractivity contribution in [2.75, 3.05) is 26.8 Å². The minimum Gasteiger partial charge on any atom is -0.497 e. The molecule has 1 aliphatic heterocycles. The molecule has 6 heteroatoms. The van der Waals surface area contributed by atoms with Crippen molar-refractivity contribution >= 4 is 16.7 Å². The molecule has 26 heavy (non-hydrogen) atoms. The molecular formula is C20H21N3O3. The Morgan fingerprint density at radius 2 is 2.12 bits per heavy atom. The van der Waals surface area contributed by atoms with E-state index in [1.165, 1.54) is 0 Å². The van der Waals surface area contributed by atoms with Crippen LogP contribution in [0.25, 0.3) is 10.8 Å². The predicted molar refractivity (Wildman–Crippen MR) is 98.0 cm³/mol. The van der Waals surface area contributed by atoms with E-state index in [1.807, 2.05) is 23.1 Å². The largest absolute Gasteiger partial charge is 0.497 e. The summed E-state index contributed by atoms with van der Waals surface area (Å²) in [5, 5.41) is 2.26. The molecule has 0 radical (unpaired) electrons. The molecule has 2 heterocycles. The van der Waals surface area contributed by atoms with Crippen LogP contribution in [-0.4, -0.2) is 47.2 Å². The number of benzene rings is 2. The lowest BCUT2D eigenvalue weighted by molar-refractivity contribution is -0.139. The number of carbonyl (C=O) groups excluding carboxylic acids is 1. The van der Waals surface area contributed by atoms with Crippen molar-refractivity contribution in [2.24, 2.45) is 0 Å². The van der Waals surface area contributed by atoms with Crippen molar-refractivity contribution in [2.45, 2.75) is 12.6 Å². The summed E-state index contributed by atoms with van der Waals surface area (Å²) in [5.41, 5.74) is 1.09. The number of amides is 1. The van der Waals surface area contributed by atoms with Crippen LogP contribution in [0.3, 0.4) is 0 Å². The van der Waals surface area contributed by atoms with Gasteiger partial charge < -0.3 is 18.9 Å². The summed E-state index contributed by atoms with van der Waals surface area (Å²) in [6.07, 6.45) is 5.03. The van der Waals surface area contributed by atoms with E-state index >= 15 is 0 Å². The molecule has 0 N–H and O–H groups in total. The smallest absolute Gasteiger partial charge is 0.242 e. The number of morpholine rings is 1.